The van der Waals surface area contributed by atoms with E-state index in [-0.39, 0.29) is 5.97 Å². The second-order valence-electron chi connectivity index (χ2n) is 5.77. The van der Waals surface area contributed by atoms with Gasteiger partial charge in [-0.1, -0.05) is 25.7 Å². The summed E-state index contributed by atoms with van der Waals surface area (Å²) >= 11 is 6.97. The van der Waals surface area contributed by atoms with Crippen molar-refractivity contribution in [2.75, 3.05) is 12.4 Å². The van der Waals surface area contributed by atoms with Crippen molar-refractivity contribution in [3.63, 3.8) is 0 Å². The minimum absolute atomic E-state index is 0.318. The Morgan fingerprint density at radius 1 is 1.23 bits per heavy atom. The molecule has 1 heterocycles. The zero-order valence-electron chi connectivity index (χ0n) is 13.5. The molecule has 0 bridgehead atoms. The van der Waals surface area contributed by atoms with Gasteiger partial charge in [0, 0.05) is 10.9 Å². The fourth-order valence-corrected chi connectivity index (χ4v) is 4.20. The lowest BCUT2D eigenvalue weighted by atomic mass is 10.1. The second kappa shape index (κ2) is 7.92. The van der Waals surface area contributed by atoms with Crippen LogP contribution in [0.5, 0.6) is 0 Å². The predicted octanol–water partition coefficient (Wildman–Crippen LogP) is 4.16. The molecule has 0 atom stereocenters. The van der Waals surface area contributed by atoms with Crippen molar-refractivity contribution in [2.45, 2.75) is 58.4 Å². The number of hydrogen-bond acceptors (Lipinski definition) is 4. The molecular formula is C16H24N2O2S2. The summed E-state index contributed by atoms with van der Waals surface area (Å²) < 4.78 is 4.88. The van der Waals surface area contributed by atoms with Crippen molar-refractivity contribution in [1.82, 2.24) is 5.32 Å². The highest BCUT2D eigenvalue weighted by molar-refractivity contribution is 7.80. The van der Waals surface area contributed by atoms with E-state index in [0.717, 1.165) is 28.3 Å². The highest BCUT2D eigenvalue weighted by Gasteiger charge is 2.21. The third-order valence-electron chi connectivity index (χ3n) is 4.19. The Bertz CT molecular complexity index is 547. The second-order valence-corrected chi connectivity index (χ2v) is 7.40. The quantitative estimate of drug-likeness (QED) is 0.491. The van der Waals surface area contributed by atoms with Gasteiger partial charge in [0.2, 0.25) is 0 Å². The van der Waals surface area contributed by atoms with E-state index in [1.54, 1.807) is 0 Å². The minimum atomic E-state index is -0.318. The molecule has 2 N–H and O–H groups in total. The summed E-state index contributed by atoms with van der Waals surface area (Å²) in [7, 11) is 1.40. The molecule has 0 radical (unpaired) electrons. The van der Waals surface area contributed by atoms with E-state index >= 15 is 0 Å². The third-order valence-corrected chi connectivity index (χ3v) is 5.53. The van der Waals surface area contributed by atoms with Crippen molar-refractivity contribution in [3.8, 4) is 0 Å². The zero-order valence-corrected chi connectivity index (χ0v) is 15.1. The number of thiophene rings is 1. The van der Waals surface area contributed by atoms with Crippen molar-refractivity contribution in [3.05, 3.63) is 16.0 Å². The number of aryl methyl sites for hydroxylation is 1. The van der Waals surface area contributed by atoms with Crippen molar-refractivity contribution < 1.29 is 9.53 Å². The summed E-state index contributed by atoms with van der Waals surface area (Å²) in [5.41, 5.74) is 1.55. The van der Waals surface area contributed by atoms with Gasteiger partial charge in [0.25, 0.3) is 0 Å². The monoisotopic (exact) mass is 340 g/mol. The lowest BCUT2D eigenvalue weighted by molar-refractivity contribution is 0.0601. The summed E-state index contributed by atoms with van der Waals surface area (Å²) in [6.45, 7) is 3.93. The van der Waals surface area contributed by atoms with Crippen LogP contribution in [-0.2, 0) is 4.74 Å². The smallest absolute Gasteiger partial charge is 0.341 e. The van der Waals surface area contributed by atoms with Crippen LogP contribution in [0.15, 0.2) is 0 Å². The molecule has 1 aliphatic carbocycles. The number of hydrogen-bond donors (Lipinski definition) is 2. The first kappa shape index (κ1) is 17.2. The van der Waals surface area contributed by atoms with Gasteiger partial charge in [-0.2, -0.15) is 0 Å². The normalized spacial score (nSPS) is 16.0. The molecule has 0 spiro atoms. The maximum absolute atomic E-state index is 12.0. The molecule has 2 rings (SSSR count). The molecule has 122 valence electrons. The van der Waals surface area contributed by atoms with Gasteiger partial charge in [-0.25, -0.2) is 4.79 Å². The van der Waals surface area contributed by atoms with Crippen LogP contribution in [0, 0.1) is 13.8 Å². The summed E-state index contributed by atoms with van der Waals surface area (Å²) in [6.07, 6.45) is 7.46. The first-order chi connectivity index (χ1) is 10.5. The highest BCUT2D eigenvalue weighted by atomic mass is 32.1. The number of rotatable bonds is 3. The first-order valence-corrected chi connectivity index (χ1v) is 9.01. The molecule has 4 nitrogen and oxygen atoms in total. The van der Waals surface area contributed by atoms with Crippen LogP contribution >= 0.6 is 23.6 Å². The number of carbonyl (C=O) groups is 1. The molecule has 0 unspecified atom stereocenters. The van der Waals surface area contributed by atoms with Crippen LogP contribution in [0.4, 0.5) is 5.00 Å². The summed E-state index contributed by atoms with van der Waals surface area (Å²) in [5.74, 6) is -0.318. The standard InChI is InChI=1S/C16H24N2O2S2/c1-10-11(2)22-14(13(10)15(19)20-3)18-16(21)17-12-8-6-4-5-7-9-12/h12H,4-9H2,1-3H3,(H2,17,18,21). The largest absolute Gasteiger partial charge is 0.465 e. The van der Waals surface area contributed by atoms with E-state index in [1.807, 2.05) is 13.8 Å². The third kappa shape index (κ3) is 4.20. The Labute approximate surface area is 141 Å². The molecule has 6 heteroatoms. The summed E-state index contributed by atoms with van der Waals surface area (Å²) in [4.78, 5) is 13.1. The Morgan fingerprint density at radius 3 is 2.45 bits per heavy atom. The molecule has 1 fully saturated rings. The van der Waals surface area contributed by atoms with Gasteiger partial charge >= 0.3 is 5.97 Å². The number of esters is 1. The van der Waals surface area contributed by atoms with Gasteiger partial charge in [0.15, 0.2) is 5.11 Å². The SMILES string of the molecule is COC(=O)c1c(NC(=S)NC2CCCCCC2)sc(C)c1C. The van der Waals surface area contributed by atoms with Gasteiger partial charge in [-0.15, -0.1) is 11.3 Å². The average molecular weight is 341 g/mol. The van der Waals surface area contributed by atoms with Crippen LogP contribution in [0.2, 0.25) is 0 Å². The molecule has 0 amide bonds. The fourth-order valence-electron chi connectivity index (χ4n) is 2.81. The minimum Gasteiger partial charge on any atom is -0.465 e. The van der Waals surface area contributed by atoms with Crippen molar-refractivity contribution in [2.24, 2.45) is 0 Å². The van der Waals surface area contributed by atoms with Crippen LogP contribution in [0.3, 0.4) is 0 Å². The lowest BCUT2D eigenvalue weighted by Gasteiger charge is -2.19. The average Bonchev–Trinajstić information content (AvgIpc) is 2.68. The molecule has 22 heavy (non-hydrogen) atoms. The molecule has 1 aromatic heterocycles. The number of ether oxygens (including phenoxy) is 1. The predicted molar refractivity (Wildman–Crippen MR) is 96.0 cm³/mol. The number of methoxy groups -OCH3 is 1. The summed E-state index contributed by atoms with van der Waals surface area (Å²) in [6, 6.07) is 0.436. The number of anilines is 1. The molecule has 0 aromatic carbocycles. The van der Waals surface area contributed by atoms with Crippen LogP contribution < -0.4 is 10.6 Å². The molecule has 1 saturated carbocycles. The Hall–Kier alpha value is -1.14. The van der Waals surface area contributed by atoms with E-state index in [0.29, 0.717) is 16.7 Å². The molecule has 1 aliphatic rings. The molecule has 1 aromatic rings. The van der Waals surface area contributed by atoms with Gasteiger partial charge < -0.3 is 15.4 Å². The number of carbonyl (C=O) groups excluding carboxylic acids is 1. The number of thiocarbonyl (C=S) groups is 1. The zero-order chi connectivity index (χ0) is 16.1. The lowest BCUT2D eigenvalue weighted by Crippen LogP contribution is -2.37. The maximum Gasteiger partial charge on any atom is 0.341 e. The molecular weight excluding hydrogens is 316 g/mol. The van der Waals surface area contributed by atoms with Gasteiger partial charge in [0.05, 0.1) is 12.7 Å². The topological polar surface area (TPSA) is 50.4 Å². The molecule has 0 saturated heterocycles. The van der Waals surface area contributed by atoms with Gasteiger partial charge in [-0.3, -0.25) is 0 Å². The van der Waals surface area contributed by atoms with E-state index in [2.05, 4.69) is 10.6 Å². The van der Waals surface area contributed by atoms with E-state index in [4.69, 9.17) is 17.0 Å². The van der Waals surface area contributed by atoms with Gasteiger partial charge in [0.1, 0.15) is 5.00 Å². The van der Waals surface area contributed by atoms with Crippen molar-refractivity contribution in [1.29, 1.82) is 0 Å². The highest BCUT2D eigenvalue weighted by Crippen LogP contribution is 2.33. The Morgan fingerprint density at radius 2 is 1.86 bits per heavy atom. The van der Waals surface area contributed by atoms with E-state index in [9.17, 15) is 4.79 Å². The van der Waals surface area contributed by atoms with E-state index < -0.39 is 0 Å². The van der Waals surface area contributed by atoms with Gasteiger partial charge in [-0.05, 0) is 44.5 Å². The van der Waals surface area contributed by atoms with Crippen molar-refractivity contribution >= 4 is 39.6 Å². The Kier molecular flexibility index (Phi) is 6.20. The molecule has 0 aliphatic heterocycles. The summed E-state index contributed by atoms with van der Waals surface area (Å²) in [5, 5.41) is 7.96. The fraction of sp³-hybridized carbons (Fsp3) is 0.625. The van der Waals surface area contributed by atoms with Crippen LogP contribution in [0.1, 0.15) is 59.3 Å². The number of nitrogens with one attached hydrogen (secondary N) is 2. The Balaban J connectivity index is 2.04. The first-order valence-electron chi connectivity index (χ1n) is 7.78. The van der Waals surface area contributed by atoms with Crippen LogP contribution in [-0.4, -0.2) is 24.2 Å². The maximum atomic E-state index is 12.0. The van der Waals surface area contributed by atoms with E-state index in [1.165, 1.54) is 44.1 Å². The van der Waals surface area contributed by atoms with Crippen LogP contribution in [0.25, 0.3) is 0 Å².